The summed E-state index contributed by atoms with van der Waals surface area (Å²) in [5, 5.41) is 8.17. The van der Waals surface area contributed by atoms with E-state index in [0.717, 1.165) is 15.6 Å². The van der Waals surface area contributed by atoms with E-state index in [1.54, 1.807) is 19.2 Å². The Morgan fingerprint density at radius 2 is 2.04 bits per heavy atom. The van der Waals surface area contributed by atoms with Crippen molar-refractivity contribution >= 4 is 27.5 Å². The molecule has 0 radical (unpaired) electrons. The number of tetrazole rings is 1. The van der Waals surface area contributed by atoms with Crippen LogP contribution in [0.25, 0.3) is 5.69 Å². The van der Waals surface area contributed by atoms with E-state index in [1.165, 1.54) is 9.36 Å². The molecule has 0 aliphatic heterocycles. The number of hydrogen-bond donors (Lipinski definition) is 0. The van der Waals surface area contributed by atoms with E-state index >= 15 is 0 Å². The van der Waals surface area contributed by atoms with Crippen molar-refractivity contribution in [1.82, 2.24) is 19.8 Å². The number of ether oxygens (including phenoxy) is 1. The summed E-state index contributed by atoms with van der Waals surface area (Å²) in [6, 6.07) is 11.1. The summed E-state index contributed by atoms with van der Waals surface area (Å²) in [6.45, 7) is 2.19. The van der Waals surface area contributed by atoms with Gasteiger partial charge in [0.15, 0.2) is 0 Å². The van der Waals surface area contributed by atoms with Gasteiger partial charge < -0.3 is 4.74 Å². The van der Waals surface area contributed by atoms with Crippen LogP contribution < -0.4 is 10.4 Å². The van der Waals surface area contributed by atoms with Crippen LogP contribution in [0.1, 0.15) is 11.1 Å². The number of nitrogens with zero attached hydrogens (tertiary/aromatic N) is 4. The Balaban J connectivity index is 1.98. The monoisotopic (exact) mass is 408 g/mol. The predicted octanol–water partition coefficient (Wildman–Crippen LogP) is 3.27. The molecule has 124 valence electrons. The SMILES string of the molecule is Cc1ccc(Cl)c(OCc2c(Br)cccc2-n2nnn(C)c2=O)c1. The molecule has 0 saturated heterocycles. The third-order valence-corrected chi connectivity index (χ3v) is 4.56. The molecule has 0 aliphatic carbocycles. The van der Waals surface area contributed by atoms with Crippen molar-refractivity contribution < 1.29 is 4.74 Å². The number of rotatable bonds is 4. The maximum Gasteiger partial charge on any atom is 0.368 e. The molecule has 0 bridgehead atoms. The number of halogens is 2. The Hall–Kier alpha value is -2.12. The molecule has 0 unspecified atom stereocenters. The van der Waals surface area contributed by atoms with Gasteiger partial charge in [0.05, 0.1) is 10.7 Å². The van der Waals surface area contributed by atoms with Gasteiger partial charge in [-0.2, -0.15) is 9.36 Å². The molecule has 2 aromatic carbocycles. The largest absolute Gasteiger partial charge is 0.487 e. The summed E-state index contributed by atoms with van der Waals surface area (Å²) < 4.78 is 9.07. The van der Waals surface area contributed by atoms with Gasteiger partial charge in [-0.15, -0.1) is 0 Å². The highest BCUT2D eigenvalue weighted by atomic mass is 79.9. The standard InChI is InChI=1S/C16H14BrClN4O2/c1-10-6-7-13(18)15(8-10)24-9-11-12(17)4-3-5-14(11)22-16(23)21(2)19-20-22/h3-8H,9H2,1-2H3. The first-order chi connectivity index (χ1) is 11.5. The second kappa shape index (κ2) is 6.78. The predicted molar refractivity (Wildman–Crippen MR) is 94.8 cm³/mol. The van der Waals surface area contributed by atoms with Gasteiger partial charge in [0.2, 0.25) is 0 Å². The molecule has 0 spiro atoms. The zero-order valence-electron chi connectivity index (χ0n) is 13.0. The van der Waals surface area contributed by atoms with Crippen molar-refractivity contribution in [2.75, 3.05) is 0 Å². The lowest BCUT2D eigenvalue weighted by atomic mass is 10.2. The minimum Gasteiger partial charge on any atom is -0.487 e. The van der Waals surface area contributed by atoms with E-state index in [0.29, 0.717) is 16.5 Å². The minimum atomic E-state index is -0.331. The Kier molecular flexibility index (Phi) is 4.73. The molecule has 3 rings (SSSR count). The first kappa shape index (κ1) is 16.7. The Morgan fingerprint density at radius 1 is 1.25 bits per heavy atom. The second-order valence-electron chi connectivity index (χ2n) is 5.26. The molecule has 8 heteroatoms. The van der Waals surface area contributed by atoms with Crippen LogP contribution in [0, 0.1) is 6.92 Å². The third-order valence-electron chi connectivity index (χ3n) is 3.50. The Bertz CT molecular complexity index is 951. The van der Waals surface area contributed by atoms with E-state index in [-0.39, 0.29) is 12.3 Å². The summed E-state index contributed by atoms with van der Waals surface area (Å²) in [5.74, 6) is 0.588. The molecule has 6 nitrogen and oxygen atoms in total. The fraction of sp³-hybridized carbons (Fsp3) is 0.188. The lowest BCUT2D eigenvalue weighted by molar-refractivity contribution is 0.305. The van der Waals surface area contributed by atoms with Crippen molar-refractivity contribution in [3.8, 4) is 11.4 Å². The molecule has 0 amide bonds. The zero-order valence-corrected chi connectivity index (χ0v) is 15.4. The summed E-state index contributed by atoms with van der Waals surface area (Å²) in [5.41, 5.74) is 2.10. The summed E-state index contributed by atoms with van der Waals surface area (Å²) >= 11 is 9.67. The average Bonchev–Trinajstić information content (AvgIpc) is 2.88. The second-order valence-corrected chi connectivity index (χ2v) is 6.52. The van der Waals surface area contributed by atoms with E-state index < -0.39 is 0 Å². The lowest BCUT2D eigenvalue weighted by Crippen LogP contribution is -2.23. The van der Waals surface area contributed by atoms with Gasteiger partial charge in [-0.25, -0.2) is 4.79 Å². The maximum atomic E-state index is 12.1. The van der Waals surface area contributed by atoms with Crippen molar-refractivity contribution in [1.29, 1.82) is 0 Å². The highest BCUT2D eigenvalue weighted by molar-refractivity contribution is 9.10. The van der Waals surface area contributed by atoms with Crippen LogP contribution in [0.4, 0.5) is 0 Å². The maximum absolute atomic E-state index is 12.1. The molecular weight excluding hydrogens is 396 g/mol. The van der Waals surface area contributed by atoms with Crippen molar-refractivity contribution in [3.63, 3.8) is 0 Å². The normalized spacial score (nSPS) is 10.8. The van der Waals surface area contributed by atoms with E-state index in [4.69, 9.17) is 16.3 Å². The van der Waals surface area contributed by atoms with Gasteiger partial charge in [0, 0.05) is 17.1 Å². The third kappa shape index (κ3) is 3.22. The summed E-state index contributed by atoms with van der Waals surface area (Å²) in [7, 11) is 1.55. The molecule has 0 fully saturated rings. The van der Waals surface area contributed by atoms with Crippen molar-refractivity contribution in [3.05, 3.63) is 67.5 Å². The van der Waals surface area contributed by atoms with Gasteiger partial charge >= 0.3 is 5.69 Å². The smallest absolute Gasteiger partial charge is 0.368 e. The van der Waals surface area contributed by atoms with Gasteiger partial charge in [-0.3, -0.25) is 0 Å². The number of aryl methyl sites for hydroxylation is 2. The van der Waals surface area contributed by atoms with Gasteiger partial charge in [-0.05, 0) is 47.2 Å². The first-order valence-corrected chi connectivity index (χ1v) is 8.30. The van der Waals surface area contributed by atoms with E-state index in [9.17, 15) is 4.79 Å². The zero-order chi connectivity index (χ0) is 17.3. The number of benzene rings is 2. The Morgan fingerprint density at radius 3 is 2.75 bits per heavy atom. The number of hydrogen-bond acceptors (Lipinski definition) is 4. The molecule has 0 saturated carbocycles. The molecule has 0 aliphatic rings. The molecule has 24 heavy (non-hydrogen) atoms. The highest BCUT2D eigenvalue weighted by Gasteiger charge is 2.14. The van der Waals surface area contributed by atoms with Crippen LogP contribution in [0.5, 0.6) is 5.75 Å². The quantitative estimate of drug-likeness (QED) is 0.663. The van der Waals surface area contributed by atoms with Crippen LogP contribution in [-0.2, 0) is 13.7 Å². The van der Waals surface area contributed by atoms with Gasteiger partial charge in [0.25, 0.3) is 0 Å². The first-order valence-electron chi connectivity index (χ1n) is 7.13. The summed E-state index contributed by atoms with van der Waals surface area (Å²) in [4.78, 5) is 12.1. The average molecular weight is 410 g/mol. The molecule has 0 N–H and O–H groups in total. The molecule has 3 aromatic rings. The van der Waals surface area contributed by atoms with Gasteiger partial charge in [-0.1, -0.05) is 39.7 Å². The van der Waals surface area contributed by atoms with Crippen LogP contribution in [0.15, 0.2) is 45.7 Å². The summed E-state index contributed by atoms with van der Waals surface area (Å²) in [6.07, 6.45) is 0. The fourth-order valence-electron chi connectivity index (χ4n) is 2.22. The topological polar surface area (TPSA) is 61.9 Å². The van der Waals surface area contributed by atoms with Crippen LogP contribution in [0.3, 0.4) is 0 Å². The highest BCUT2D eigenvalue weighted by Crippen LogP contribution is 2.29. The van der Waals surface area contributed by atoms with Gasteiger partial charge in [0.1, 0.15) is 12.4 Å². The van der Waals surface area contributed by atoms with E-state index in [2.05, 4.69) is 26.4 Å². The van der Waals surface area contributed by atoms with E-state index in [1.807, 2.05) is 31.2 Å². The molecular formula is C16H14BrClN4O2. The van der Waals surface area contributed by atoms with Crippen LogP contribution in [-0.4, -0.2) is 19.8 Å². The minimum absolute atomic E-state index is 0.225. The lowest BCUT2D eigenvalue weighted by Gasteiger charge is -2.13. The molecule has 1 heterocycles. The fourth-order valence-corrected chi connectivity index (χ4v) is 2.87. The van der Waals surface area contributed by atoms with Crippen LogP contribution in [0.2, 0.25) is 5.02 Å². The molecule has 1 aromatic heterocycles. The molecule has 0 atom stereocenters. The van der Waals surface area contributed by atoms with Crippen molar-refractivity contribution in [2.24, 2.45) is 7.05 Å². The van der Waals surface area contributed by atoms with Crippen LogP contribution >= 0.6 is 27.5 Å². The Labute approximate surface area is 151 Å². The van der Waals surface area contributed by atoms with Crippen molar-refractivity contribution in [2.45, 2.75) is 13.5 Å². The number of aromatic nitrogens is 4.